The second kappa shape index (κ2) is 9.54. The van der Waals surface area contributed by atoms with Crippen LogP contribution in [0.25, 0.3) is 0 Å². The van der Waals surface area contributed by atoms with Crippen LogP contribution in [0.5, 0.6) is 0 Å². The van der Waals surface area contributed by atoms with Gasteiger partial charge in [0.25, 0.3) is 0 Å². The predicted molar refractivity (Wildman–Crippen MR) is 134 cm³/mol. The number of fused-ring (bicyclic) bond motifs is 5. The van der Waals surface area contributed by atoms with Gasteiger partial charge >= 0.3 is 11.9 Å². The van der Waals surface area contributed by atoms with Crippen LogP contribution in [0.2, 0.25) is 0 Å². The van der Waals surface area contributed by atoms with Crippen LogP contribution in [0.1, 0.15) is 71.6 Å². The molecular formula is C28H34F2O7S. The molecule has 5 aliphatic rings. The first-order chi connectivity index (χ1) is 17.8. The average Bonchev–Trinajstić information content (AvgIpc) is 3.44. The molecule has 3 saturated carbocycles. The molecule has 5 rings (SSSR count). The van der Waals surface area contributed by atoms with Crippen LogP contribution in [0, 0.1) is 22.7 Å². The molecule has 1 heterocycles. The highest BCUT2D eigenvalue weighted by atomic mass is 32.2. The van der Waals surface area contributed by atoms with Crippen molar-refractivity contribution in [3.05, 3.63) is 23.3 Å². The lowest BCUT2D eigenvalue weighted by molar-refractivity contribution is -0.201. The number of aliphatic hydroxyl groups is 1. The van der Waals surface area contributed by atoms with Gasteiger partial charge in [-0.2, -0.15) is 0 Å². The van der Waals surface area contributed by atoms with Crippen molar-refractivity contribution in [2.45, 2.75) is 88.4 Å². The zero-order chi connectivity index (χ0) is 27.5. The number of carbonyl (C=O) groups excluding carboxylic acids is 4. The molecule has 4 fully saturated rings. The third-order valence-electron chi connectivity index (χ3n) is 9.89. The van der Waals surface area contributed by atoms with E-state index < -0.39 is 58.9 Å². The molecule has 1 saturated heterocycles. The summed E-state index contributed by atoms with van der Waals surface area (Å²) in [5.41, 5.74) is -3.89. The molecule has 1 N–H and O–H groups in total. The van der Waals surface area contributed by atoms with E-state index in [-0.39, 0.29) is 53.5 Å². The lowest BCUT2D eigenvalue weighted by Gasteiger charge is -2.62. The van der Waals surface area contributed by atoms with Gasteiger partial charge in [0.05, 0.1) is 18.4 Å². The number of esters is 2. The lowest BCUT2D eigenvalue weighted by atomic mass is 9.44. The standard InChI is InChI=1S/C28H34F2O7S/c1-25-8-3-4-18(25)19-14-28(30,35)21-13-17(31)12-16(26(21,2)27(19,29)10-9-25)15-37-22(32)5-6-23(33)38-20-7-11-36-24(20)34/h12-13,18-20,35H,3-11,14-15H2,1-2H3/t18-,19-,20-,25-,26-,27+,28+/m0/s1. The second-order valence-corrected chi connectivity index (χ2v) is 13.2. The number of alkyl halides is 2. The molecule has 208 valence electrons. The minimum atomic E-state index is -2.86. The van der Waals surface area contributed by atoms with E-state index in [0.717, 1.165) is 37.1 Å². The van der Waals surface area contributed by atoms with Gasteiger partial charge in [0.1, 0.15) is 17.5 Å². The molecule has 38 heavy (non-hydrogen) atoms. The number of ether oxygens (including phenoxy) is 2. The fourth-order valence-electron chi connectivity index (χ4n) is 7.78. The highest BCUT2D eigenvalue weighted by Gasteiger charge is 2.71. The van der Waals surface area contributed by atoms with E-state index in [9.17, 15) is 24.3 Å². The Labute approximate surface area is 224 Å². The third-order valence-corrected chi connectivity index (χ3v) is 11.1. The first-order valence-corrected chi connectivity index (χ1v) is 14.3. The van der Waals surface area contributed by atoms with Crippen molar-refractivity contribution in [2.75, 3.05) is 13.2 Å². The first-order valence-electron chi connectivity index (χ1n) is 13.4. The van der Waals surface area contributed by atoms with Crippen molar-refractivity contribution < 1.29 is 42.5 Å². The number of hydrogen-bond donors (Lipinski definition) is 1. The van der Waals surface area contributed by atoms with Crippen molar-refractivity contribution in [3.63, 3.8) is 0 Å². The number of hydrogen-bond acceptors (Lipinski definition) is 8. The zero-order valence-electron chi connectivity index (χ0n) is 21.7. The molecule has 7 atom stereocenters. The maximum absolute atomic E-state index is 17.4. The van der Waals surface area contributed by atoms with E-state index in [0.29, 0.717) is 12.8 Å². The predicted octanol–water partition coefficient (Wildman–Crippen LogP) is 4.31. The second-order valence-electron chi connectivity index (χ2n) is 11.9. The quantitative estimate of drug-likeness (QED) is 0.486. The molecule has 7 nitrogen and oxygen atoms in total. The summed E-state index contributed by atoms with van der Waals surface area (Å²) in [7, 11) is 0. The molecule has 1 aliphatic heterocycles. The van der Waals surface area contributed by atoms with Gasteiger partial charge in [-0.15, -0.1) is 0 Å². The molecule has 0 amide bonds. The van der Waals surface area contributed by atoms with Crippen molar-refractivity contribution in [2.24, 2.45) is 22.7 Å². The molecule has 0 aromatic rings. The highest BCUT2D eigenvalue weighted by molar-refractivity contribution is 8.14. The highest BCUT2D eigenvalue weighted by Crippen LogP contribution is 2.70. The fourth-order valence-corrected chi connectivity index (χ4v) is 8.69. The van der Waals surface area contributed by atoms with Gasteiger partial charge in [-0.1, -0.05) is 25.1 Å². The largest absolute Gasteiger partial charge is 0.465 e. The van der Waals surface area contributed by atoms with Gasteiger partial charge in [0, 0.05) is 30.8 Å². The average molecular weight is 553 g/mol. The van der Waals surface area contributed by atoms with Crippen molar-refractivity contribution in [1.82, 2.24) is 0 Å². The third kappa shape index (κ3) is 4.35. The van der Waals surface area contributed by atoms with Gasteiger partial charge in [-0.3, -0.25) is 19.2 Å². The van der Waals surface area contributed by atoms with E-state index in [1.54, 1.807) is 0 Å². The Morgan fingerprint density at radius 3 is 2.58 bits per heavy atom. The molecule has 0 bridgehead atoms. The summed E-state index contributed by atoms with van der Waals surface area (Å²) in [5.74, 6) is -5.48. The number of carbonyl (C=O) groups is 4. The van der Waals surface area contributed by atoms with Crippen molar-refractivity contribution in [3.8, 4) is 0 Å². The summed E-state index contributed by atoms with van der Waals surface area (Å²) < 4.78 is 43.5. The van der Waals surface area contributed by atoms with Crippen LogP contribution in [0.3, 0.4) is 0 Å². The summed E-state index contributed by atoms with van der Waals surface area (Å²) in [4.78, 5) is 48.8. The molecule has 0 aromatic carbocycles. The van der Waals surface area contributed by atoms with E-state index >= 15 is 8.78 Å². The maximum Gasteiger partial charge on any atom is 0.319 e. The minimum absolute atomic E-state index is 0.0935. The van der Waals surface area contributed by atoms with E-state index in [2.05, 4.69) is 6.92 Å². The molecule has 0 aromatic heterocycles. The Bertz CT molecular complexity index is 1130. The first kappa shape index (κ1) is 27.5. The van der Waals surface area contributed by atoms with Gasteiger partial charge in [-0.25, -0.2) is 8.78 Å². The van der Waals surface area contributed by atoms with Crippen LogP contribution in [-0.2, 0) is 28.7 Å². The van der Waals surface area contributed by atoms with Crippen LogP contribution >= 0.6 is 11.8 Å². The number of ketones is 1. The van der Waals surface area contributed by atoms with Crippen LogP contribution in [0.4, 0.5) is 8.78 Å². The zero-order valence-corrected chi connectivity index (χ0v) is 22.5. The van der Waals surface area contributed by atoms with E-state index in [1.807, 2.05) is 0 Å². The number of cyclic esters (lactones) is 1. The minimum Gasteiger partial charge on any atom is -0.465 e. The molecule has 4 aliphatic carbocycles. The summed E-state index contributed by atoms with van der Waals surface area (Å²) >= 11 is 0.833. The molecule has 10 heteroatoms. The van der Waals surface area contributed by atoms with Gasteiger partial charge < -0.3 is 14.6 Å². The summed E-state index contributed by atoms with van der Waals surface area (Å²) in [6.07, 6.45) is 5.19. The smallest absolute Gasteiger partial charge is 0.319 e. The Kier molecular flexibility index (Phi) is 6.90. The van der Waals surface area contributed by atoms with Crippen molar-refractivity contribution in [1.29, 1.82) is 0 Å². The Balaban J connectivity index is 1.32. The number of halogens is 2. The summed E-state index contributed by atoms with van der Waals surface area (Å²) in [5, 5.41) is 10.0. The van der Waals surface area contributed by atoms with Crippen LogP contribution < -0.4 is 0 Å². The maximum atomic E-state index is 17.4. The molecule has 0 spiro atoms. The lowest BCUT2D eigenvalue weighted by Crippen LogP contribution is -2.65. The molecule has 0 radical (unpaired) electrons. The topological polar surface area (TPSA) is 107 Å². The summed E-state index contributed by atoms with van der Waals surface area (Å²) in [6, 6.07) is 0. The normalized spacial score (nSPS) is 41.9. The Morgan fingerprint density at radius 2 is 1.87 bits per heavy atom. The summed E-state index contributed by atoms with van der Waals surface area (Å²) in [6.45, 7) is 3.44. The van der Waals surface area contributed by atoms with Gasteiger partial charge in [0.15, 0.2) is 10.9 Å². The van der Waals surface area contributed by atoms with Gasteiger partial charge in [-0.05, 0) is 61.7 Å². The van der Waals surface area contributed by atoms with Crippen molar-refractivity contribution >= 4 is 34.6 Å². The molecular weight excluding hydrogens is 518 g/mol. The SMILES string of the molecule is C[C@@]12CCC[C@H]1[C@@H]1C[C@](O)(F)C3=CC(=O)C=C(COC(=O)CCC(=O)S[C@H]4CCOC4=O)[C@]3(C)[C@@]1(F)CC2. The molecule has 0 unspecified atom stereocenters. The van der Waals surface area contributed by atoms with E-state index in [4.69, 9.17) is 9.47 Å². The number of allylic oxidation sites excluding steroid dienone is 2. The van der Waals surface area contributed by atoms with E-state index in [1.165, 1.54) is 13.0 Å². The number of rotatable bonds is 6. The van der Waals surface area contributed by atoms with Crippen LogP contribution in [0.15, 0.2) is 23.3 Å². The fraction of sp³-hybridized carbons (Fsp3) is 0.714. The van der Waals surface area contributed by atoms with Crippen LogP contribution in [-0.4, -0.2) is 57.9 Å². The number of thioether (sulfide) groups is 1. The van der Waals surface area contributed by atoms with Gasteiger partial charge in [0.2, 0.25) is 5.85 Å². The monoisotopic (exact) mass is 552 g/mol. The Hall–Kier alpha value is -2.07. The Morgan fingerprint density at radius 1 is 1.11 bits per heavy atom.